The van der Waals surface area contributed by atoms with Crippen LogP contribution < -0.4 is 14.8 Å². The van der Waals surface area contributed by atoms with Crippen molar-refractivity contribution in [2.24, 2.45) is 0 Å². The van der Waals surface area contributed by atoms with Crippen molar-refractivity contribution >= 4 is 17.4 Å². The molecule has 0 spiro atoms. The normalized spacial score (nSPS) is 14.4. The Morgan fingerprint density at radius 1 is 0.968 bits per heavy atom. The summed E-state index contributed by atoms with van der Waals surface area (Å²) in [6.07, 6.45) is -0.443. The van der Waals surface area contributed by atoms with Crippen molar-refractivity contribution in [1.29, 1.82) is 0 Å². The lowest BCUT2D eigenvalue weighted by atomic mass is 10.1. The Morgan fingerprint density at radius 2 is 1.81 bits per heavy atom. The zero-order valence-electron chi connectivity index (χ0n) is 16.9. The topological polar surface area (TPSA) is 69.2 Å². The monoisotopic (exact) mass is 428 g/mol. The molecular weight excluding hydrogens is 408 g/mol. The Balaban J connectivity index is 1.50. The largest absolute Gasteiger partial charge is 0.497 e. The Bertz CT molecular complexity index is 1200. The predicted octanol–water partition coefficient (Wildman–Crippen LogP) is 5.34. The Labute approximate surface area is 184 Å². The number of nitrogens with one attached hydrogen (secondary N) is 1. The van der Waals surface area contributed by atoms with Crippen LogP contribution in [0.2, 0.25) is 0 Å². The number of fused-ring (bicyclic) bond motifs is 3. The first kappa shape index (κ1) is 19.4. The minimum absolute atomic E-state index is 0.443. The number of anilines is 1. The second-order valence-electron chi connectivity index (χ2n) is 6.99. The van der Waals surface area contributed by atoms with Gasteiger partial charge in [0, 0.05) is 22.6 Å². The molecule has 0 saturated heterocycles. The van der Waals surface area contributed by atoms with Gasteiger partial charge in [0.15, 0.2) is 11.9 Å². The average molecular weight is 429 g/mol. The predicted molar refractivity (Wildman–Crippen MR) is 121 cm³/mol. The van der Waals surface area contributed by atoms with E-state index in [0.717, 1.165) is 28.3 Å². The van der Waals surface area contributed by atoms with Crippen molar-refractivity contribution in [3.63, 3.8) is 0 Å². The van der Waals surface area contributed by atoms with E-state index in [9.17, 15) is 0 Å². The number of hydrogen-bond acceptors (Lipinski definition) is 7. The maximum absolute atomic E-state index is 6.32. The van der Waals surface area contributed by atoms with Crippen LogP contribution in [0.3, 0.4) is 0 Å². The quantitative estimate of drug-likeness (QED) is 0.430. The molecule has 0 unspecified atom stereocenters. The van der Waals surface area contributed by atoms with E-state index in [1.807, 2.05) is 66.7 Å². The van der Waals surface area contributed by atoms with E-state index in [-0.39, 0.29) is 0 Å². The molecule has 4 aromatic rings. The highest BCUT2D eigenvalue weighted by molar-refractivity contribution is 7.98. The van der Waals surface area contributed by atoms with Gasteiger partial charge in [0.2, 0.25) is 11.0 Å². The second-order valence-corrected chi connectivity index (χ2v) is 7.93. The van der Waals surface area contributed by atoms with Crippen LogP contribution in [0.4, 0.5) is 5.69 Å². The SMILES string of the molecule is COc1cccc([C@H]2Nc3ccccc3-c3nnc(SCc4ccccc4)nc3O2)c1. The number of rotatable bonds is 5. The third-order valence-corrected chi connectivity index (χ3v) is 5.85. The number of ether oxygens (including phenoxy) is 2. The number of aromatic nitrogens is 3. The summed E-state index contributed by atoms with van der Waals surface area (Å²) in [5, 5.41) is 12.9. The van der Waals surface area contributed by atoms with E-state index >= 15 is 0 Å². The molecule has 154 valence electrons. The molecular formula is C24H20N4O2S. The van der Waals surface area contributed by atoms with E-state index in [2.05, 4.69) is 27.6 Å². The van der Waals surface area contributed by atoms with E-state index in [0.29, 0.717) is 16.7 Å². The number of methoxy groups -OCH3 is 1. The maximum Gasteiger partial charge on any atom is 0.247 e. The van der Waals surface area contributed by atoms with Gasteiger partial charge in [-0.1, -0.05) is 72.4 Å². The summed E-state index contributed by atoms with van der Waals surface area (Å²) >= 11 is 1.53. The third-order valence-electron chi connectivity index (χ3n) is 4.94. The van der Waals surface area contributed by atoms with E-state index < -0.39 is 6.23 Å². The molecule has 7 heteroatoms. The van der Waals surface area contributed by atoms with Crippen LogP contribution in [-0.4, -0.2) is 22.3 Å². The molecule has 0 fully saturated rings. The summed E-state index contributed by atoms with van der Waals surface area (Å²) in [6, 6.07) is 25.9. The van der Waals surface area contributed by atoms with Gasteiger partial charge in [0.25, 0.3) is 0 Å². The Morgan fingerprint density at radius 3 is 2.68 bits per heavy atom. The lowest BCUT2D eigenvalue weighted by molar-refractivity contribution is 0.224. The van der Waals surface area contributed by atoms with Gasteiger partial charge in [-0.05, 0) is 23.8 Å². The lowest BCUT2D eigenvalue weighted by Gasteiger charge is -2.19. The van der Waals surface area contributed by atoms with Gasteiger partial charge in [0.05, 0.1) is 7.11 Å². The van der Waals surface area contributed by atoms with Gasteiger partial charge >= 0.3 is 0 Å². The standard InChI is InChI=1S/C24H20N4O2S/c1-29-18-11-7-10-17(14-18)22-25-20-13-6-5-12-19(20)21-23(30-22)26-24(28-27-21)31-15-16-8-3-2-4-9-16/h2-14,22,25H,15H2,1H3/t22-/m0/s1. The van der Waals surface area contributed by atoms with Crippen molar-refractivity contribution in [3.05, 3.63) is 90.0 Å². The summed E-state index contributed by atoms with van der Waals surface area (Å²) in [6.45, 7) is 0. The second kappa shape index (κ2) is 8.65. The number of para-hydroxylation sites is 1. The molecule has 1 aromatic heterocycles. The van der Waals surface area contributed by atoms with E-state index in [1.165, 1.54) is 17.3 Å². The molecule has 1 N–H and O–H groups in total. The molecule has 3 aromatic carbocycles. The first-order valence-electron chi connectivity index (χ1n) is 9.88. The van der Waals surface area contributed by atoms with Crippen molar-refractivity contribution in [2.75, 3.05) is 12.4 Å². The zero-order valence-corrected chi connectivity index (χ0v) is 17.7. The molecule has 5 rings (SSSR count). The van der Waals surface area contributed by atoms with Crippen LogP contribution >= 0.6 is 11.8 Å². The number of hydrogen-bond donors (Lipinski definition) is 1. The zero-order chi connectivity index (χ0) is 21.0. The first-order chi connectivity index (χ1) is 15.3. The Hall–Kier alpha value is -3.58. The highest BCUT2D eigenvalue weighted by Gasteiger charge is 2.26. The summed E-state index contributed by atoms with van der Waals surface area (Å²) in [4.78, 5) is 4.70. The molecule has 1 aliphatic rings. The molecule has 1 aliphatic heterocycles. The number of thioether (sulfide) groups is 1. The molecule has 6 nitrogen and oxygen atoms in total. The van der Waals surface area contributed by atoms with Crippen LogP contribution in [0.5, 0.6) is 11.6 Å². The Kier molecular flexibility index (Phi) is 5.41. The maximum atomic E-state index is 6.32. The number of nitrogens with zero attached hydrogens (tertiary/aromatic N) is 3. The van der Waals surface area contributed by atoms with Crippen LogP contribution in [0.15, 0.2) is 84.0 Å². The molecule has 0 radical (unpaired) electrons. The van der Waals surface area contributed by atoms with E-state index in [1.54, 1.807) is 7.11 Å². The molecule has 0 saturated carbocycles. The molecule has 31 heavy (non-hydrogen) atoms. The van der Waals surface area contributed by atoms with E-state index in [4.69, 9.17) is 14.5 Å². The smallest absolute Gasteiger partial charge is 0.247 e. The number of benzene rings is 3. The average Bonchev–Trinajstić information content (AvgIpc) is 3.00. The summed E-state index contributed by atoms with van der Waals surface area (Å²) in [7, 11) is 1.65. The molecule has 0 amide bonds. The summed E-state index contributed by atoms with van der Waals surface area (Å²) in [5.41, 5.74) is 4.57. The van der Waals surface area contributed by atoms with Gasteiger partial charge in [-0.25, -0.2) is 0 Å². The summed E-state index contributed by atoms with van der Waals surface area (Å²) < 4.78 is 11.7. The highest BCUT2D eigenvalue weighted by Crippen LogP contribution is 2.39. The van der Waals surface area contributed by atoms with Gasteiger partial charge < -0.3 is 14.8 Å². The van der Waals surface area contributed by atoms with Gasteiger partial charge in [-0.3, -0.25) is 0 Å². The third kappa shape index (κ3) is 4.18. The summed E-state index contributed by atoms with van der Waals surface area (Å²) in [5.74, 6) is 1.98. The van der Waals surface area contributed by atoms with Gasteiger partial charge in [0.1, 0.15) is 5.75 Å². The highest BCUT2D eigenvalue weighted by atomic mass is 32.2. The molecule has 0 aliphatic carbocycles. The first-order valence-corrected chi connectivity index (χ1v) is 10.9. The van der Waals surface area contributed by atoms with Gasteiger partial charge in [-0.15, -0.1) is 10.2 Å². The molecule has 2 heterocycles. The van der Waals surface area contributed by atoms with Crippen molar-refractivity contribution in [1.82, 2.24) is 15.2 Å². The van der Waals surface area contributed by atoms with Crippen LogP contribution in [0.25, 0.3) is 11.3 Å². The minimum Gasteiger partial charge on any atom is -0.497 e. The van der Waals surface area contributed by atoms with Crippen molar-refractivity contribution < 1.29 is 9.47 Å². The fourth-order valence-electron chi connectivity index (χ4n) is 3.39. The molecule has 1 atom stereocenters. The van der Waals surface area contributed by atoms with Crippen LogP contribution in [0.1, 0.15) is 17.4 Å². The fourth-order valence-corrected chi connectivity index (χ4v) is 4.12. The van der Waals surface area contributed by atoms with Crippen LogP contribution in [0, 0.1) is 0 Å². The molecule has 0 bridgehead atoms. The van der Waals surface area contributed by atoms with Crippen molar-refractivity contribution in [3.8, 4) is 22.9 Å². The van der Waals surface area contributed by atoms with Crippen LogP contribution in [-0.2, 0) is 5.75 Å². The fraction of sp³-hybridized carbons (Fsp3) is 0.125. The minimum atomic E-state index is -0.443. The lowest BCUT2D eigenvalue weighted by Crippen LogP contribution is -2.17. The van der Waals surface area contributed by atoms with Gasteiger partial charge in [-0.2, -0.15) is 4.98 Å². The van der Waals surface area contributed by atoms with Crippen molar-refractivity contribution in [2.45, 2.75) is 17.1 Å².